The highest BCUT2D eigenvalue weighted by atomic mass is 35.5. The maximum absolute atomic E-state index is 12.0. The van der Waals surface area contributed by atoms with Crippen LogP contribution in [-0.2, 0) is 0 Å². The highest BCUT2D eigenvalue weighted by Crippen LogP contribution is 2.31. The molecule has 0 saturated heterocycles. The molecule has 1 amide bonds. The van der Waals surface area contributed by atoms with Gasteiger partial charge in [-0.2, -0.15) is 0 Å². The molecule has 0 aromatic heterocycles. The molecular formula is C15H13ClN2O6. The van der Waals surface area contributed by atoms with E-state index in [0.29, 0.717) is 17.2 Å². The standard InChI is InChI=1S/C15H13ClN2O6/c1-22-10-4-6-14(23-2)12(8-10)17-15(19)24-13-5-3-9(18(20)21)7-11(13)16/h3-8H,1-2H3,(H,17,19). The van der Waals surface area contributed by atoms with Crippen LogP contribution in [0.3, 0.4) is 0 Å². The molecule has 0 saturated carbocycles. The Morgan fingerprint density at radius 1 is 1.12 bits per heavy atom. The Morgan fingerprint density at radius 3 is 2.42 bits per heavy atom. The molecule has 0 aliphatic carbocycles. The van der Waals surface area contributed by atoms with Crippen molar-refractivity contribution >= 4 is 29.1 Å². The summed E-state index contributed by atoms with van der Waals surface area (Å²) in [6.45, 7) is 0. The molecule has 0 bridgehead atoms. The number of nitro groups is 1. The van der Waals surface area contributed by atoms with Crippen LogP contribution in [-0.4, -0.2) is 25.2 Å². The number of ether oxygens (including phenoxy) is 3. The van der Waals surface area contributed by atoms with E-state index in [4.69, 9.17) is 25.8 Å². The van der Waals surface area contributed by atoms with Crippen molar-refractivity contribution in [3.05, 3.63) is 51.5 Å². The van der Waals surface area contributed by atoms with E-state index in [-0.39, 0.29) is 16.5 Å². The average molecular weight is 353 g/mol. The first-order valence-corrected chi connectivity index (χ1v) is 6.97. The van der Waals surface area contributed by atoms with Gasteiger partial charge in [-0.05, 0) is 18.2 Å². The summed E-state index contributed by atoms with van der Waals surface area (Å²) in [4.78, 5) is 22.1. The summed E-state index contributed by atoms with van der Waals surface area (Å²) >= 11 is 5.87. The molecule has 8 nitrogen and oxygen atoms in total. The minimum Gasteiger partial charge on any atom is -0.497 e. The largest absolute Gasteiger partial charge is 0.497 e. The normalized spacial score (nSPS) is 9.96. The third-order valence-corrected chi connectivity index (χ3v) is 3.27. The summed E-state index contributed by atoms with van der Waals surface area (Å²) in [5.74, 6) is 0.906. The molecule has 0 atom stereocenters. The molecule has 0 aliphatic rings. The number of hydrogen-bond donors (Lipinski definition) is 1. The lowest BCUT2D eigenvalue weighted by Gasteiger charge is -2.12. The zero-order valence-electron chi connectivity index (χ0n) is 12.7. The zero-order valence-corrected chi connectivity index (χ0v) is 13.5. The van der Waals surface area contributed by atoms with E-state index >= 15 is 0 Å². The lowest BCUT2D eigenvalue weighted by atomic mass is 10.2. The van der Waals surface area contributed by atoms with Gasteiger partial charge in [0, 0.05) is 18.2 Å². The maximum Gasteiger partial charge on any atom is 0.417 e. The Hall–Kier alpha value is -3.00. The first-order valence-electron chi connectivity index (χ1n) is 6.59. The number of non-ortho nitro benzene ring substituents is 1. The molecule has 0 unspecified atom stereocenters. The minimum absolute atomic E-state index is 0.0124. The van der Waals surface area contributed by atoms with Gasteiger partial charge in [-0.3, -0.25) is 15.4 Å². The Labute approximate surface area is 142 Å². The van der Waals surface area contributed by atoms with Gasteiger partial charge in [-0.15, -0.1) is 0 Å². The third-order valence-electron chi connectivity index (χ3n) is 2.97. The van der Waals surface area contributed by atoms with E-state index in [1.807, 2.05) is 0 Å². The summed E-state index contributed by atoms with van der Waals surface area (Å²) in [5.41, 5.74) is 0.127. The van der Waals surface area contributed by atoms with Crippen molar-refractivity contribution in [1.82, 2.24) is 0 Å². The highest BCUT2D eigenvalue weighted by Gasteiger charge is 2.15. The Kier molecular flexibility index (Phi) is 5.43. The molecule has 2 aromatic carbocycles. The van der Waals surface area contributed by atoms with Gasteiger partial charge in [0.25, 0.3) is 5.69 Å². The lowest BCUT2D eigenvalue weighted by Crippen LogP contribution is -2.17. The van der Waals surface area contributed by atoms with Crippen LogP contribution in [0.15, 0.2) is 36.4 Å². The van der Waals surface area contributed by atoms with Crippen LogP contribution in [0.25, 0.3) is 0 Å². The fourth-order valence-corrected chi connectivity index (χ4v) is 2.05. The van der Waals surface area contributed by atoms with Crippen LogP contribution < -0.4 is 19.5 Å². The van der Waals surface area contributed by atoms with Gasteiger partial charge in [-0.1, -0.05) is 11.6 Å². The second-order valence-electron chi connectivity index (χ2n) is 4.45. The van der Waals surface area contributed by atoms with Gasteiger partial charge < -0.3 is 14.2 Å². The SMILES string of the molecule is COc1ccc(OC)c(NC(=O)Oc2ccc([N+](=O)[O-])cc2Cl)c1. The Morgan fingerprint density at radius 2 is 1.83 bits per heavy atom. The number of methoxy groups -OCH3 is 2. The van der Waals surface area contributed by atoms with Crippen molar-refractivity contribution in [2.24, 2.45) is 0 Å². The Balaban J connectivity index is 2.15. The molecule has 0 radical (unpaired) electrons. The van der Waals surface area contributed by atoms with Crippen molar-refractivity contribution in [1.29, 1.82) is 0 Å². The van der Waals surface area contributed by atoms with Crippen molar-refractivity contribution in [2.45, 2.75) is 0 Å². The van der Waals surface area contributed by atoms with E-state index in [1.165, 1.54) is 26.4 Å². The molecule has 126 valence electrons. The second-order valence-corrected chi connectivity index (χ2v) is 4.86. The van der Waals surface area contributed by atoms with Crippen LogP contribution >= 0.6 is 11.6 Å². The fourth-order valence-electron chi connectivity index (χ4n) is 1.83. The molecular weight excluding hydrogens is 340 g/mol. The molecule has 2 aromatic rings. The van der Waals surface area contributed by atoms with E-state index in [0.717, 1.165) is 6.07 Å². The highest BCUT2D eigenvalue weighted by molar-refractivity contribution is 6.32. The second kappa shape index (κ2) is 7.51. The quantitative estimate of drug-likeness (QED) is 0.647. The number of carbonyl (C=O) groups excluding carboxylic acids is 1. The molecule has 2 rings (SSSR count). The number of rotatable bonds is 5. The number of carbonyl (C=O) groups is 1. The van der Waals surface area contributed by atoms with Gasteiger partial charge in [-0.25, -0.2) is 4.79 Å². The predicted molar refractivity (Wildman–Crippen MR) is 87.3 cm³/mol. The van der Waals surface area contributed by atoms with Crippen molar-refractivity contribution in [2.75, 3.05) is 19.5 Å². The van der Waals surface area contributed by atoms with Gasteiger partial charge in [0.15, 0.2) is 5.75 Å². The summed E-state index contributed by atoms with van der Waals surface area (Å²) in [6.07, 6.45) is -0.836. The number of halogens is 1. The Bertz CT molecular complexity index is 781. The van der Waals surface area contributed by atoms with Crippen molar-refractivity contribution in [3.63, 3.8) is 0 Å². The number of amides is 1. The van der Waals surface area contributed by atoms with Crippen LogP contribution in [0.4, 0.5) is 16.2 Å². The molecule has 1 N–H and O–H groups in total. The van der Waals surface area contributed by atoms with Gasteiger partial charge in [0.05, 0.1) is 29.9 Å². The number of anilines is 1. The molecule has 9 heteroatoms. The topological polar surface area (TPSA) is 99.9 Å². The van der Waals surface area contributed by atoms with Crippen LogP contribution in [0, 0.1) is 10.1 Å². The lowest BCUT2D eigenvalue weighted by molar-refractivity contribution is -0.384. The molecule has 0 aliphatic heterocycles. The summed E-state index contributed by atoms with van der Waals surface area (Å²) in [7, 11) is 2.94. The number of hydrogen-bond acceptors (Lipinski definition) is 6. The van der Waals surface area contributed by atoms with Crippen LogP contribution in [0.1, 0.15) is 0 Å². The predicted octanol–water partition coefficient (Wildman–Crippen LogP) is 3.88. The molecule has 0 heterocycles. The van der Waals surface area contributed by atoms with Crippen LogP contribution in [0.5, 0.6) is 17.2 Å². The number of nitro benzene ring substituents is 1. The number of nitrogens with zero attached hydrogens (tertiary/aromatic N) is 1. The van der Waals surface area contributed by atoms with E-state index in [9.17, 15) is 14.9 Å². The fraction of sp³-hybridized carbons (Fsp3) is 0.133. The van der Waals surface area contributed by atoms with E-state index in [2.05, 4.69) is 5.32 Å². The number of benzene rings is 2. The monoisotopic (exact) mass is 352 g/mol. The molecule has 0 fully saturated rings. The smallest absolute Gasteiger partial charge is 0.417 e. The van der Waals surface area contributed by atoms with Crippen LogP contribution in [0.2, 0.25) is 5.02 Å². The number of nitrogens with one attached hydrogen (secondary N) is 1. The maximum atomic E-state index is 12.0. The van der Waals surface area contributed by atoms with E-state index in [1.54, 1.807) is 18.2 Å². The zero-order chi connectivity index (χ0) is 17.7. The molecule has 24 heavy (non-hydrogen) atoms. The summed E-state index contributed by atoms with van der Waals surface area (Å²) < 4.78 is 15.3. The third kappa shape index (κ3) is 4.05. The van der Waals surface area contributed by atoms with E-state index < -0.39 is 11.0 Å². The minimum atomic E-state index is -0.836. The first kappa shape index (κ1) is 17.4. The van der Waals surface area contributed by atoms with Gasteiger partial charge in [0.1, 0.15) is 11.5 Å². The van der Waals surface area contributed by atoms with Crippen molar-refractivity contribution < 1.29 is 23.9 Å². The molecule has 0 spiro atoms. The van der Waals surface area contributed by atoms with Crippen molar-refractivity contribution in [3.8, 4) is 17.2 Å². The first-order chi connectivity index (χ1) is 11.4. The van der Waals surface area contributed by atoms with Gasteiger partial charge >= 0.3 is 6.09 Å². The summed E-state index contributed by atoms with van der Waals surface area (Å²) in [5, 5.41) is 13.1. The average Bonchev–Trinajstić information content (AvgIpc) is 2.56. The summed E-state index contributed by atoms with van der Waals surface area (Å²) in [6, 6.07) is 8.35. The van der Waals surface area contributed by atoms with Gasteiger partial charge in [0.2, 0.25) is 0 Å².